The van der Waals surface area contributed by atoms with Gasteiger partial charge in [0.05, 0.1) is 5.69 Å². The van der Waals surface area contributed by atoms with E-state index in [1.54, 1.807) is 31.5 Å². The predicted octanol–water partition coefficient (Wildman–Crippen LogP) is 3.47. The van der Waals surface area contributed by atoms with Gasteiger partial charge >= 0.3 is 0 Å². The Hall–Kier alpha value is -3.72. The van der Waals surface area contributed by atoms with Crippen LogP contribution in [0.4, 0.5) is 10.2 Å². The molecule has 0 aliphatic heterocycles. The molecule has 2 N–H and O–H groups in total. The van der Waals surface area contributed by atoms with E-state index < -0.39 is 0 Å². The fourth-order valence-electron chi connectivity index (χ4n) is 3.21. The molecule has 3 aromatic heterocycles. The van der Waals surface area contributed by atoms with E-state index in [0.29, 0.717) is 27.8 Å². The Balaban J connectivity index is 1.43. The Morgan fingerprint density at radius 3 is 2.73 bits per heavy atom. The van der Waals surface area contributed by atoms with Crippen molar-refractivity contribution in [3.63, 3.8) is 0 Å². The molecule has 0 aliphatic rings. The van der Waals surface area contributed by atoms with Crippen LogP contribution in [0.15, 0.2) is 61.1 Å². The number of carbonyl (C=O) groups excluding carboxylic acids is 1. The molecule has 1 aromatic carbocycles. The van der Waals surface area contributed by atoms with Crippen molar-refractivity contribution in [3.8, 4) is 10.7 Å². The molecule has 3 heterocycles. The fourth-order valence-corrected chi connectivity index (χ4v) is 4.16. The van der Waals surface area contributed by atoms with Crippen LogP contribution in [-0.4, -0.2) is 34.5 Å². The zero-order valence-corrected chi connectivity index (χ0v) is 19.2. The Morgan fingerprint density at radius 1 is 1.15 bits per heavy atom. The average molecular weight is 464 g/mol. The number of pyridine rings is 1. The van der Waals surface area contributed by atoms with Crippen LogP contribution in [0, 0.1) is 12.7 Å². The van der Waals surface area contributed by atoms with Crippen molar-refractivity contribution in [2.45, 2.75) is 19.9 Å². The third kappa shape index (κ3) is 5.75. The van der Waals surface area contributed by atoms with Crippen molar-refractivity contribution in [1.82, 2.24) is 20.3 Å². The summed E-state index contributed by atoms with van der Waals surface area (Å²) in [6.45, 7) is 2.88. The van der Waals surface area contributed by atoms with Crippen LogP contribution in [0.5, 0.6) is 0 Å². The smallest absolute Gasteiger partial charge is 0.263 e. The first-order valence-electron chi connectivity index (χ1n) is 10.5. The van der Waals surface area contributed by atoms with Gasteiger partial charge in [0.2, 0.25) is 6.20 Å². The number of aryl methyl sites for hydroxylation is 1. The van der Waals surface area contributed by atoms with E-state index in [4.69, 9.17) is 4.98 Å². The Morgan fingerprint density at radius 2 is 1.97 bits per heavy atom. The van der Waals surface area contributed by atoms with E-state index in [9.17, 15) is 9.18 Å². The molecule has 168 valence electrons. The number of amides is 1. The minimum absolute atomic E-state index is 0.215. The standard InChI is InChI=1S/C24H23FN6OS/c1-16-22(23(32)28-13-17-6-8-18(25)9-7-17)33-24(29-16)20-14-26-15-21(30-20)31(2)12-10-19-5-3-4-11-27-19/h3-9,11,14-15H,10,12-13H2,1-2H3,(H,28,32)/p+1. The number of aromatic amines is 1. The van der Waals surface area contributed by atoms with Crippen molar-refractivity contribution < 1.29 is 14.2 Å². The van der Waals surface area contributed by atoms with Crippen molar-refractivity contribution in [2.75, 3.05) is 18.5 Å². The van der Waals surface area contributed by atoms with Gasteiger partial charge in [-0.1, -0.05) is 18.2 Å². The van der Waals surface area contributed by atoms with Gasteiger partial charge in [0, 0.05) is 38.4 Å². The first-order valence-corrected chi connectivity index (χ1v) is 11.3. The highest BCUT2D eigenvalue weighted by Crippen LogP contribution is 2.27. The van der Waals surface area contributed by atoms with Crippen molar-refractivity contribution >= 4 is 23.1 Å². The quantitative estimate of drug-likeness (QED) is 0.433. The predicted molar refractivity (Wildman–Crippen MR) is 125 cm³/mol. The number of halogens is 1. The monoisotopic (exact) mass is 463 g/mol. The lowest BCUT2D eigenvalue weighted by atomic mass is 10.2. The summed E-state index contributed by atoms with van der Waals surface area (Å²) in [7, 11) is 1.98. The van der Waals surface area contributed by atoms with Gasteiger partial charge in [-0.3, -0.25) is 9.78 Å². The van der Waals surface area contributed by atoms with E-state index in [2.05, 4.69) is 20.3 Å². The molecule has 7 nitrogen and oxygen atoms in total. The number of likely N-dealkylation sites (N-methyl/N-ethyl adjacent to an activating group) is 1. The first kappa shape index (κ1) is 22.5. The van der Waals surface area contributed by atoms with Gasteiger partial charge in [0.1, 0.15) is 15.7 Å². The number of nitrogens with one attached hydrogen (secondary N) is 2. The van der Waals surface area contributed by atoms with Crippen LogP contribution < -0.4 is 15.2 Å². The molecular weight excluding hydrogens is 439 g/mol. The summed E-state index contributed by atoms with van der Waals surface area (Å²) in [6.07, 6.45) is 6.20. The summed E-state index contributed by atoms with van der Waals surface area (Å²) >= 11 is 1.29. The summed E-state index contributed by atoms with van der Waals surface area (Å²) in [4.78, 5) is 32.0. The second-order valence-electron chi connectivity index (χ2n) is 7.55. The molecule has 0 spiro atoms. The van der Waals surface area contributed by atoms with Gasteiger partial charge in [-0.2, -0.15) is 0 Å². The number of hydrogen-bond donors (Lipinski definition) is 1. The minimum Gasteiger partial charge on any atom is -0.354 e. The highest BCUT2D eigenvalue weighted by Gasteiger charge is 2.19. The third-order valence-electron chi connectivity index (χ3n) is 5.08. The molecule has 33 heavy (non-hydrogen) atoms. The first-order chi connectivity index (χ1) is 16.0. The van der Waals surface area contributed by atoms with Crippen molar-refractivity contribution in [1.29, 1.82) is 0 Å². The summed E-state index contributed by atoms with van der Waals surface area (Å²) in [5.41, 5.74) is 3.16. The number of aromatic nitrogens is 4. The molecule has 0 unspecified atom stereocenters. The van der Waals surface area contributed by atoms with E-state index in [1.807, 2.05) is 36.3 Å². The molecule has 0 saturated heterocycles. The molecule has 0 radical (unpaired) electrons. The second kappa shape index (κ2) is 10.3. The molecule has 0 atom stereocenters. The maximum Gasteiger partial charge on any atom is 0.263 e. The molecule has 0 bridgehead atoms. The van der Waals surface area contributed by atoms with Crippen LogP contribution in [0.25, 0.3) is 10.7 Å². The summed E-state index contributed by atoms with van der Waals surface area (Å²) < 4.78 is 13.1. The highest BCUT2D eigenvalue weighted by molar-refractivity contribution is 7.17. The Kier molecular flexibility index (Phi) is 6.99. The molecule has 0 fully saturated rings. The number of nitrogens with zero attached hydrogens (tertiary/aromatic N) is 4. The molecule has 0 aliphatic carbocycles. The lowest BCUT2D eigenvalue weighted by Gasteiger charge is -2.16. The third-order valence-corrected chi connectivity index (χ3v) is 6.26. The van der Waals surface area contributed by atoms with Crippen molar-refractivity contribution in [3.05, 3.63) is 88.7 Å². The minimum atomic E-state index is -0.304. The van der Waals surface area contributed by atoms with E-state index in [1.165, 1.54) is 23.5 Å². The molecule has 4 rings (SSSR count). The second-order valence-corrected chi connectivity index (χ2v) is 8.54. The van der Waals surface area contributed by atoms with E-state index >= 15 is 0 Å². The van der Waals surface area contributed by atoms with E-state index in [0.717, 1.165) is 30.0 Å². The number of carbonyl (C=O) groups is 1. The van der Waals surface area contributed by atoms with Crippen LogP contribution >= 0.6 is 11.3 Å². The number of rotatable bonds is 8. The average Bonchev–Trinajstić information content (AvgIpc) is 3.24. The molecule has 4 aromatic rings. The molecule has 0 saturated carbocycles. The van der Waals surface area contributed by atoms with Crippen molar-refractivity contribution in [2.24, 2.45) is 0 Å². The molecule has 1 amide bonds. The number of hydrogen-bond acceptors (Lipinski definition) is 6. The van der Waals surface area contributed by atoms with Gasteiger partial charge in [-0.15, -0.1) is 11.3 Å². The zero-order chi connectivity index (χ0) is 23.2. The largest absolute Gasteiger partial charge is 0.354 e. The molecular formula is C24H24FN6OS+. The Labute approximate surface area is 195 Å². The van der Waals surface area contributed by atoms with Crippen LogP contribution in [-0.2, 0) is 13.0 Å². The lowest BCUT2D eigenvalue weighted by Crippen LogP contribution is -2.23. The van der Waals surface area contributed by atoms with Gasteiger partial charge in [0.25, 0.3) is 5.91 Å². The van der Waals surface area contributed by atoms with Crippen LogP contribution in [0.1, 0.15) is 26.6 Å². The van der Waals surface area contributed by atoms with Crippen LogP contribution in [0.2, 0.25) is 0 Å². The van der Waals surface area contributed by atoms with Gasteiger partial charge in [-0.05, 0) is 36.8 Å². The van der Waals surface area contributed by atoms with Crippen LogP contribution in [0.3, 0.4) is 0 Å². The van der Waals surface area contributed by atoms with Gasteiger partial charge in [0.15, 0.2) is 17.7 Å². The maximum atomic E-state index is 13.1. The normalized spacial score (nSPS) is 10.8. The Bertz CT molecular complexity index is 1230. The SMILES string of the molecule is Cc1nc(-c2c[nH+]cc(N(C)CCc3ccccn3)n2)sc1C(=O)NCc1ccc(F)cc1. The summed E-state index contributed by atoms with van der Waals surface area (Å²) in [6, 6.07) is 11.9. The van der Waals surface area contributed by atoms with Gasteiger partial charge in [-0.25, -0.2) is 19.3 Å². The lowest BCUT2D eigenvalue weighted by molar-refractivity contribution is -0.377. The van der Waals surface area contributed by atoms with E-state index in [-0.39, 0.29) is 11.7 Å². The topological polar surface area (TPSA) is 85.2 Å². The molecule has 9 heteroatoms. The maximum absolute atomic E-state index is 13.1. The van der Waals surface area contributed by atoms with Gasteiger partial charge < -0.3 is 10.2 Å². The zero-order valence-electron chi connectivity index (χ0n) is 18.4. The number of benzene rings is 1. The highest BCUT2D eigenvalue weighted by atomic mass is 32.1. The summed E-state index contributed by atoms with van der Waals surface area (Å²) in [5.74, 6) is 0.258. The number of thiazole rings is 1. The summed E-state index contributed by atoms with van der Waals surface area (Å²) in [5, 5.41) is 3.53. The fraction of sp³-hybridized carbons (Fsp3) is 0.208. The number of anilines is 1. The number of H-pyrrole nitrogens is 1.